The highest BCUT2D eigenvalue weighted by atomic mass is 16.5. The number of amides is 2. The highest BCUT2D eigenvalue weighted by Gasteiger charge is 2.17. The van der Waals surface area contributed by atoms with Gasteiger partial charge in [-0.1, -0.05) is 55.3 Å². The third-order valence-corrected chi connectivity index (χ3v) is 5.03. The number of carbonyl (C=O) groups is 3. The van der Waals surface area contributed by atoms with Crippen molar-refractivity contribution < 1.29 is 24.7 Å². The van der Waals surface area contributed by atoms with Crippen LogP contribution in [0.4, 0.5) is 5.69 Å². The first-order valence-electron chi connectivity index (χ1n) is 10.8. The minimum Gasteiger partial charge on any atom is -0.480 e. The molecule has 5 N–H and O–H groups in total. The molecule has 0 heterocycles. The lowest BCUT2D eigenvalue weighted by atomic mass is 10.1. The van der Waals surface area contributed by atoms with Crippen LogP contribution in [0.2, 0.25) is 0 Å². The molecule has 0 saturated heterocycles. The van der Waals surface area contributed by atoms with Crippen LogP contribution in [-0.4, -0.2) is 34.1 Å². The van der Waals surface area contributed by atoms with Crippen LogP contribution in [-0.2, 0) is 27.3 Å². The number of rotatable bonds is 14. The molecule has 8 nitrogen and oxygen atoms in total. The number of nitrogens with one attached hydrogen (secondary N) is 3. The predicted molar refractivity (Wildman–Crippen MR) is 121 cm³/mol. The summed E-state index contributed by atoms with van der Waals surface area (Å²) in [5.74, 6) is -1.39. The van der Waals surface area contributed by atoms with Gasteiger partial charge in [0.1, 0.15) is 6.04 Å². The Morgan fingerprint density at radius 1 is 0.812 bits per heavy atom. The Morgan fingerprint density at radius 2 is 1.47 bits per heavy atom. The minimum atomic E-state index is -0.907. The van der Waals surface area contributed by atoms with Gasteiger partial charge in [-0.25, -0.2) is 5.48 Å². The summed E-state index contributed by atoms with van der Waals surface area (Å²) in [5.41, 5.74) is 4.10. The predicted octanol–water partition coefficient (Wildman–Crippen LogP) is 3.26. The second kappa shape index (κ2) is 14.0. The van der Waals surface area contributed by atoms with Crippen molar-refractivity contribution in [1.82, 2.24) is 10.8 Å². The van der Waals surface area contributed by atoms with Crippen molar-refractivity contribution in [2.45, 2.75) is 57.5 Å². The van der Waals surface area contributed by atoms with Gasteiger partial charge in [0.25, 0.3) is 0 Å². The van der Waals surface area contributed by atoms with Gasteiger partial charge >= 0.3 is 5.97 Å². The summed E-state index contributed by atoms with van der Waals surface area (Å²) >= 11 is 0. The smallest absolute Gasteiger partial charge is 0.321 e. The van der Waals surface area contributed by atoms with E-state index in [1.54, 1.807) is 11.5 Å². The second-order valence-electron chi connectivity index (χ2n) is 7.66. The molecule has 0 unspecified atom stereocenters. The van der Waals surface area contributed by atoms with Crippen molar-refractivity contribution in [2.75, 3.05) is 5.32 Å². The van der Waals surface area contributed by atoms with Crippen molar-refractivity contribution in [3.63, 3.8) is 0 Å². The zero-order chi connectivity index (χ0) is 23.2. The molecule has 172 valence electrons. The summed E-state index contributed by atoms with van der Waals surface area (Å²) in [4.78, 5) is 34.7. The molecule has 0 aliphatic heterocycles. The number of hydrogen-bond acceptors (Lipinski definition) is 5. The molecule has 8 heteroatoms. The molecule has 2 rings (SSSR count). The van der Waals surface area contributed by atoms with Crippen LogP contribution in [0.1, 0.15) is 49.7 Å². The number of carboxylic acid groups (broad SMARTS) is 1. The Morgan fingerprint density at radius 3 is 2.12 bits per heavy atom. The second-order valence-corrected chi connectivity index (χ2v) is 7.66. The van der Waals surface area contributed by atoms with Crippen LogP contribution in [0.3, 0.4) is 0 Å². The number of carboxylic acids is 1. The molecule has 0 saturated carbocycles. The van der Waals surface area contributed by atoms with Gasteiger partial charge in [0.2, 0.25) is 11.8 Å². The average Bonchev–Trinajstić information content (AvgIpc) is 2.79. The van der Waals surface area contributed by atoms with E-state index in [-0.39, 0.29) is 12.3 Å². The van der Waals surface area contributed by atoms with Gasteiger partial charge in [-0.15, -0.1) is 0 Å². The number of benzene rings is 2. The lowest BCUT2D eigenvalue weighted by molar-refractivity contribution is -0.139. The summed E-state index contributed by atoms with van der Waals surface area (Å²) in [5, 5.41) is 23.9. The maximum Gasteiger partial charge on any atom is 0.321 e. The van der Waals surface area contributed by atoms with E-state index in [9.17, 15) is 19.5 Å². The van der Waals surface area contributed by atoms with Crippen LogP contribution < -0.4 is 16.1 Å². The van der Waals surface area contributed by atoms with Crippen molar-refractivity contribution >= 4 is 23.5 Å². The monoisotopic (exact) mass is 441 g/mol. The molecule has 0 spiro atoms. The van der Waals surface area contributed by atoms with Crippen LogP contribution >= 0.6 is 0 Å². The Labute approximate surface area is 188 Å². The summed E-state index contributed by atoms with van der Waals surface area (Å²) in [6.45, 7) is 0.370. The molecule has 0 radical (unpaired) electrons. The Hall–Kier alpha value is -3.23. The third kappa shape index (κ3) is 9.72. The highest BCUT2D eigenvalue weighted by Crippen LogP contribution is 2.13. The van der Waals surface area contributed by atoms with Crippen molar-refractivity contribution in [1.29, 1.82) is 0 Å². The number of unbranched alkanes of at least 4 members (excludes halogenated alkanes) is 3. The third-order valence-electron chi connectivity index (χ3n) is 5.03. The Kier molecular flexibility index (Phi) is 10.9. The van der Waals surface area contributed by atoms with E-state index in [2.05, 4.69) is 10.6 Å². The molecule has 1 atom stereocenters. The molecular weight excluding hydrogens is 410 g/mol. The fourth-order valence-electron chi connectivity index (χ4n) is 3.30. The first-order valence-corrected chi connectivity index (χ1v) is 10.8. The molecule has 2 aromatic carbocycles. The van der Waals surface area contributed by atoms with Crippen molar-refractivity contribution in [2.24, 2.45) is 0 Å². The maximum absolute atomic E-state index is 12.2. The Bertz CT molecular complexity index is 873. The fraction of sp³-hybridized carbons (Fsp3) is 0.375. The van der Waals surface area contributed by atoms with Gasteiger partial charge in [0.05, 0.1) is 0 Å². The highest BCUT2D eigenvalue weighted by molar-refractivity contribution is 5.90. The van der Waals surface area contributed by atoms with Gasteiger partial charge < -0.3 is 15.7 Å². The quantitative estimate of drug-likeness (QED) is 0.174. The summed E-state index contributed by atoms with van der Waals surface area (Å²) in [7, 11) is 0. The zero-order valence-electron chi connectivity index (χ0n) is 18.0. The molecule has 0 aliphatic carbocycles. The Balaban J connectivity index is 1.75. The van der Waals surface area contributed by atoms with Gasteiger partial charge in [-0.3, -0.25) is 19.6 Å². The van der Waals surface area contributed by atoms with E-state index in [0.717, 1.165) is 24.0 Å². The van der Waals surface area contributed by atoms with E-state index in [1.165, 1.54) is 0 Å². The van der Waals surface area contributed by atoms with E-state index < -0.39 is 17.9 Å². The number of hydrogen-bond donors (Lipinski definition) is 5. The van der Waals surface area contributed by atoms with E-state index in [1.807, 2.05) is 48.5 Å². The molecule has 0 bridgehead atoms. The van der Waals surface area contributed by atoms with Crippen LogP contribution in [0.5, 0.6) is 0 Å². The fourth-order valence-corrected chi connectivity index (χ4v) is 3.30. The summed E-state index contributed by atoms with van der Waals surface area (Å²) in [6, 6.07) is 16.1. The summed E-state index contributed by atoms with van der Waals surface area (Å²) in [6.07, 6.45) is 4.07. The molecule has 0 aromatic heterocycles. The largest absolute Gasteiger partial charge is 0.480 e. The molecule has 0 fully saturated rings. The topological polar surface area (TPSA) is 128 Å². The van der Waals surface area contributed by atoms with Gasteiger partial charge in [-0.05, 0) is 42.5 Å². The maximum atomic E-state index is 12.2. The SMILES string of the molecule is O=C(CCCCCCC(=O)Nc1cccc(CN[C@H](Cc2ccccc2)C(=O)O)c1)NO. The van der Waals surface area contributed by atoms with E-state index >= 15 is 0 Å². The number of carbonyl (C=O) groups excluding carboxylic acids is 2. The lowest BCUT2D eigenvalue weighted by Crippen LogP contribution is -2.38. The van der Waals surface area contributed by atoms with Crippen molar-refractivity contribution in [3.05, 3.63) is 65.7 Å². The van der Waals surface area contributed by atoms with Crippen molar-refractivity contribution in [3.8, 4) is 0 Å². The molecule has 2 amide bonds. The first-order chi connectivity index (χ1) is 15.5. The first kappa shape index (κ1) is 25.0. The average molecular weight is 442 g/mol. The van der Waals surface area contributed by atoms with E-state index in [0.29, 0.717) is 37.9 Å². The van der Waals surface area contributed by atoms with Gasteiger partial charge in [0, 0.05) is 25.1 Å². The molecule has 0 aliphatic rings. The van der Waals surface area contributed by atoms with Gasteiger partial charge in [-0.2, -0.15) is 0 Å². The molecule has 2 aromatic rings. The number of aliphatic carboxylic acids is 1. The molecular formula is C24H31N3O5. The van der Waals surface area contributed by atoms with Crippen LogP contribution in [0.25, 0.3) is 0 Å². The van der Waals surface area contributed by atoms with E-state index in [4.69, 9.17) is 5.21 Å². The zero-order valence-corrected chi connectivity index (χ0v) is 18.0. The van der Waals surface area contributed by atoms with Gasteiger partial charge in [0.15, 0.2) is 0 Å². The molecule has 32 heavy (non-hydrogen) atoms. The van der Waals surface area contributed by atoms with Crippen LogP contribution in [0, 0.1) is 0 Å². The summed E-state index contributed by atoms with van der Waals surface area (Å²) < 4.78 is 0. The minimum absolute atomic E-state index is 0.0873. The number of anilines is 1. The normalized spacial score (nSPS) is 11.5. The van der Waals surface area contributed by atoms with Crippen LogP contribution in [0.15, 0.2) is 54.6 Å². The lowest BCUT2D eigenvalue weighted by Gasteiger charge is -2.15. The number of hydroxylamine groups is 1. The standard InChI is InChI=1S/C24H31N3O5/c28-22(13-6-1-2-7-14-23(29)27-32)26-20-12-8-11-19(15-20)17-25-21(24(30)31)16-18-9-4-3-5-10-18/h3-5,8-12,15,21,25,32H,1-2,6-7,13-14,16-17H2,(H,26,28)(H,27,29)(H,30,31)/t21-/m1/s1.